The molecule has 242 valence electrons. The molecule has 1 aliphatic heterocycles. The molecule has 0 aliphatic carbocycles. The van der Waals surface area contributed by atoms with Crippen molar-refractivity contribution >= 4 is 21.9 Å². The molecule has 2 aromatic carbocycles. The number of anilines is 1. The number of aryl methyl sites for hydroxylation is 2. The molecule has 10 nitrogen and oxygen atoms in total. The van der Waals surface area contributed by atoms with Gasteiger partial charge in [-0.05, 0) is 74.9 Å². The molecule has 0 unspecified atom stereocenters. The number of hydrogen-bond donors (Lipinski definition) is 2. The number of nitrogens with zero attached hydrogens (tertiary/aromatic N) is 4. The maximum Gasteiger partial charge on any atom is 0.264 e. The van der Waals surface area contributed by atoms with Gasteiger partial charge in [-0.3, -0.25) is 9.78 Å². The molecule has 46 heavy (non-hydrogen) atoms. The second-order valence-corrected chi connectivity index (χ2v) is 15.3. The SMILES string of the molecule is Cc1cccc(C)c1-c1cc2nc(n1)NS(=O)(=O)c1cccc(c1)C(=O)N(Cc1ccc(C(C)(C)O)cn1)[C@H](CC(C)(C)C)CO2. The Morgan fingerprint density at radius 3 is 2.30 bits per heavy atom. The first-order valence-corrected chi connectivity index (χ1v) is 16.7. The largest absolute Gasteiger partial charge is 0.475 e. The third-order valence-electron chi connectivity index (χ3n) is 7.89. The lowest BCUT2D eigenvalue weighted by atomic mass is 9.87. The summed E-state index contributed by atoms with van der Waals surface area (Å²) in [7, 11) is -4.18. The predicted octanol–water partition coefficient (Wildman–Crippen LogP) is 6.02. The van der Waals surface area contributed by atoms with Crippen molar-refractivity contribution in [3.63, 3.8) is 0 Å². The minimum absolute atomic E-state index is 0.0832. The summed E-state index contributed by atoms with van der Waals surface area (Å²) in [5.41, 5.74) is 3.49. The van der Waals surface area contributed by atoms with Crippen LogP contribution in [0.15, 0.2) is 71.8 Å². The van der Waals surface area contributed by atoms with E-state index in [1.165, 1.54) is 12.1 Å². The molecule has 0 saturated carbocycles. The number of pyridine rings is 1. The fourth-order valence-corrected chi connectivity index (χ4v) is 6.59. The summed E-state index contributed by atoms with van der Waals surface area (Å²) in [6, 6.07) is 16.7. The quantitative estimate of drug-likeness (QED) is 0.270. The highest BCUT2D eigenvalue weighted by molar-refractivity contribution is 7.92. The number of aromatic nitrogens is 3. The van der Waals surface area contributed by atoms with Gasteiger partial charge in [0.15, 0.2) is 0 Å². The highest BCUT2D eigenvalue weighted by Gasteiger charge is 2.32. The molecule has 1 aliphatic rings. The van der Waals surface area contributed by atoms with Crippen LogP contribution in [0.1, 0.15) is 73.8 Å². The van der Waals surface area contributed by atoms with Crippen molar-refractivity contribution in [2.45, 2.75) is 78.0 Å². The van der Waals surface area contributed by atoms with Crippen molar-refractivity contribution in [3.05, 3.63) is 94.8 Å². The Balaban J connectivity index is 1.65. The lowest BCUT2D eigenvalue weighted by molar-refractivity contribution is 0.0508. The molecule has 5 rings (SSSR count). The number of fused-ring (bicyclic) bond motifs is 4. The van der Waals surface area contributed by atoms with Crippen LogP contribution >= 0.6 is 0 Å². The van der Waals surface area contributed by atoms with E-state index in [9.17, 15) is 18.3 Å². The number of rotatable bonds is 5. The summed E-state index contributed by atoms with van der Waals surface area (Å²) < 4.78 is 36.1. The average molecular weight is 644 g/mol. The molecule has 0 radical (unpaired) electrons. The van der Waals surface area contributed by atoms with Gasteiger partial charge in [-0.25, -0.2) is 18.1 Å². The molecule has 0 spiro atoms. The van der Waals surface area contributed by atoms with Gasteiger partial charge in [-0.1, -0.05) is 51.1 Å². The molecular weight excluding hydrogens is 602 g/mol. The first kappa shape index (κ1) is 33.0. The van der Waals surface area contributed by atoms with E-state index < -0.39 is 21.7 Å². The Hall–Kier alpha value is -4.35. The van der Waals surface area contributed by atoms with Crippen molar-refractivity contribution in [2.24, 2.45) is 5.41 Å². The topological polar surface area (TPSA) is 135 Å². The van der Waals surface area contributed by atoms with E-state index in [4.69, 9.17) is 4.74 Å². The monoisotopic (exact) mass is 643 g/mol. The van der Waals surface area contributed by atoms with Crippen LogP contribution in [0.4, 0.5) is 5.95 Å². The van der Waals surface area contributed by atoms with Crippen molar-refractivity contribution < 1.29 is 23.1 Å². The zero-order chi connectivity index (χ0) is 33.4. The second kappa shape index (κ2) is 12.4. The number of aliphatic hydroxyl groups is 1. The Labute approximate surface area is 271 Å². The normalized spacial score (nSPS) is 16.8. The number of amides is 1. The third-order valence-corrected chi connectivity index (χ3v) is 9.22. The maximum atomic E-state index is 14.3. The highest BCUT2D eigenvalue weighted by Crippen LogP contribution is 2.32. The Morgan fingerprint density at radius 1 is 0.978 bits per heavy atom. The van der Waals surface area contributed by atoms with E-state index in [2.05, 4.69) is 40.4 Å². The molecular formula is C35H41N5O5S. The van der Waals surface area contributed by atoms with E-state index >= 15 is 0 Å². The number of hydrogen-bond acceptors (Lipinski definition) is 8. The molecule has 11 heteroatoms. The minimum atomic E-state index is -4.18. The summed E-state index contributed by atoms with van der Waals surface area (Å²) in [6.07, 6.45) is 2.17. The first-order chi connectivity index (χ1) is 21.5. The van der Waals surface area contributed by atoms with Gasteiger partial charge in [0.25, 0.3) is 15.9 Å². The Morgan fingerprint density at radius 2 is 1.67 bits per heavy atom. The van der Waals surface area contributed by atoms with Crippen LogP contribution in [0.5, 0.6) is 5.88 Å². The highest BCUT2D eigenvalue weighted by atomic mass is 32.2. The van der Waals surface area contributed by atoms with Crippen LogP contribution in [0.3, 0.4) is 0 Å². The summed E-state index contributed by atoms with van der Waals surface area (Å²) in [5, 5.41) is 10.4. The third kappa shape index (κ3) is 7.54. The van der Waals surface area contributed by atoms with Gasteiger partial charge in [0.2, 0.25) is 11.8 Å². The zero-order valence-electron chi connectivity index (χ0n) is 27.3. The van der Waals surface area contributed by atoms with Crippen LogP contribution in [-0.2, 0) is 22.2 Å². The van der Waals surface area contributed by atoms with Crippen molar-refractivity contribution in [1.82, 2.24) is 19.9 Å². The standard InChI is InChI=1S/C35H41N5O5S/c1-22-10-8-11-23(2)31(22)29-17-30-38-33(37-29)39-46(43,44)28-13-9-12-24(16-28)32(41)40(27(21-45-30)18-34(3,4)5)20-26-15-14-25(19-36-26)35(6,7)42/h8-17,19,27,42H,18,20-21H2,1-7H3,(H,37,38,39)/t27-/m1/s1. The lowest BCUT2D eigenvalue weighted by Gasteiger charge is -2.35. The van der Waals surface area contributed by atoms with Crippen LogP contribution in [0, 0.1) is 19.3 Å². The molecule has 3 heterocycles. The number of carbonyl (C=O) groups is 1. The lowest BCUT2D eigenvalue weighted by Crippen LogP contribution is -2.45. The van der Waals surface area contributed by atoms with Gasteiger partial charge in [-0.2, -0.15) is 4.98 Å². The van der Waals surface area contributed by atoms with Gasteiger partial charge in [0.1, 0.15) is 6.61 Å². The van der Waals surface area contributed by atoms with E-state index in [0.29, 0.717) is 23.4 Å². The second-order valence-electron chi connectivity index (χ2n) is 13.6. The number of nitrogens with one attached hydrogen (secondary N) is 1. The smallest absolute Gasteiger partial charge is 0.264 e. The Bertz CT molecular complexity index is 1840. The van der Waals surface area contributed by atoms with E-state index in [1.807, 2.05) is 32.0 Å². The number of ether oxygens (including phenoxy) is 1. The van der Waals surface area contributed by atoms with E-state index in [1.54, 1.807) is 55.3 Å². The molecule has 1 atom stereocenters. The average Bonchev–Trinajstić information content (AvgIpc) is 2.96. The van der Waals surface area contributed by atoms with E-state index in [-0.39, 0.29) is 46.8 Å². The fourth-order valence-electron chi connectivity index (χ4n) is 5.60. The molecule has 2 N–H and O–H groups in total. The molecule has 0 fully saturated rings. The van der Waals surface area contributed by atoms with Crippen LogP contribution < -0.4 is 9.46 Å². The van der Waals surface area contributed by atoms with Gasteiger partial charge < -0.3 is 14.7 Å². The number of sulfonamides is 1. The summed E-state index contributed by atoms with van der Waals surface area (Å²) in [6.45, 7) is 13.8. The molecule has 0 saturated heterocycles. The number of carbonyl (C=O) groups excluding carboxylic acids is 1. The fraction of sp³-hybridized carbons (Fsp3) is 0.371. The molecule has 4 aromatic rings. The van der Waals surface area contributed by atoms with Gasteiger partial charge in [0, 0.05) is 29.0 Å². The Kier molecular flexibility index (Phi) is 8.94. The van der Waals surface area contributed by atoms with Crippen LogP contribution in [-0.4, -0.2) is 51.9 Å². The first-order valence-electron chi connectivity index (χ1n) is 15.2. The minimum Gasteiger partial charge on any atom is -0.475 e. The summed E-state index contributed by atoms with van der Waals surface area (Å²) in [4.78, 5) is 29.5. The molecule has 1 amide bonds. The van der Waals surface area contributed by atoms with Crippen molar-refractivity contribution in [3.8, 4) is 17.1 Å². The zero-order valence-corrected chi connectivity index (χ0v) is 28.1. The van der Waals surface area contributed by atoms with Crippen molar-refractivity contribution in [1.29, 1.82) is 0 Å². The summed E-state index contributed by atoms with van der Waals surface area (Å²) >= 11 is 0. The maximum absolute atomic E-state index is 14.3. The van der Waals surface area contributed by atoms with Gasteiger partial charge in [-0.15, -0.1) is 0 Å². The molecule has 4 bridgehead atoms. The summed E-state index contributed by atoms with van der Waals surface area (Å²) in [5.74, 6) is -0.321. The predicted molar refractivity (Wildman–Crippen MR) is 177 cm³/mol. The number of benzene rings is 2. The van der Waals surface area contributed by atoms with Gasteiger partial charge >= 0.3 is 0 Å². The van der Waals surface area contributed by atoms with Crippen LogP contribution in [0.25, 0.3) is 11.3 Å². The van der Waals surface area contributed by atoms with E-state index in [0.717, 1.165) is 16.7 Å². The van der Waals surface area contributed by atoms with Crippen LogP contribution in [0.2, 0.25) is 0 Å². The molecule has 2 aromatic heterocycles. The van der Waals surface area contributed by atoms with Gasteiger partial charge in [0.05, 0.1) is 34.5 Å². The van der Waals surface area contributed by atoms with Crippen molar-refractivity contribution in [2.75, 3.05) is 11.3 Å².